The minimum absolute atomic E-state index is 0.203. The van der Waals surface area contributed by atoms with Crippen molar-refractivity contribution in [2.45, 2.75) is 13.3 Å². The molecule has 0 unspecified atom stereocenters. The molecule has 1 N–H and O–H groups in total. The number of carbonyl (C=O) groups excluding carboxylic acids is 1. The Labute approximate surface area is 124 Å². The van der Waals surface area contributed by atoms with Crippen LogP contribution in [0.4, 0.5) is 5.69 Å². The summed E-state index contributed by atoms with van der Waals surface area (Å²) in [5.74, 6) is -0.203. The lowest BCUT2D eigenvalue weighted by Gasteiger charge is -2.05. The lowest BCUT2D eigenvalue weighted by atomic mass is 10.2. The van der Waals surface area contributed by atoms with E-state index in [1.165, 1.54) is 0 Å². The number of nitrogens with zero attached hydrogens (tertiary/aromatic N) is 2. The largest absolute Gasteiger partial charge is 0.319 e. The molecule has 1 aromatic carbocycles. The molecular weight excluding hydrogens is 330 g/mol. The Morgan fingerprint density at radius 3 is 2.84 bits per heavy atom. The SMILES string of the molecule is CCc1nn(C)cc1NC(=O)c1cc(Cl)cc(Br)c1. The van der Waals surface area contributed by atoms with Crippen molar-refractivity contribution in [3.8, 4) is 0 Å². The molecule has 0 saturated heterocycles. The van der Waals surface area contributed by atoms with Crippen molar-refractivity contribution >= 4 is 39.1 Å². The number of hydrogen-bond donors (Lipinski definition) is 1. The van der Waals surface area contributed by atoms with Crippen LogP contribution in [0.1, 0.15) is 23.0 Å². The summed E-state index contributed by atoms with van der Waals surface area (Å²) >= 11 is 9.25. The Morgan fingerprint density at radius 2 is 2.21 bits per heavy atom. The highest BCUT2D eigenvalue weighted by Crippen LogP contribution is 2.21. The number of halogens is 2. The molecule has 0 radical (unpaired) electrons. The summed E-state index contributed by atoms with van der Waals surface area (Å²) in [5.41, 5.74) is 2.09. The van der Waals surface area contributed by atoms with Gasteiger partial charge in [-0.05, 0) is 24.6 Å². The number of amides is 1. The van der Waals surface area contributed by atoms with E-state index in [-0.39, 0.29) is 5.91 Å². The van der Waals surface area contributed by atoms with Gasteiger partial charge in [-0.1, -0.05) is 34.5 Å². The summed E-state index contributed by atoms with van der Waals surface area (Å²) in [6.45, 7) is 1.99. The summed E-state index contributed by atoms with van der Waals surface area (Å²) in [4.78, 5) is 12.2. The molecule has 100 valence electrons. The average Bonchev–Trinajstić information content (AvgIpc) is 2.68. The topological polar surface area (TPSA) is 46.9 Å². The van der Waals surface area contributed by atoms with E-state index in [4.69, 9.17) is 11.6 Å². The van der Waals surface area contributed by atoms with Crippen molar-refractivity contribution in [3.05, 3.63) is 45.1 Å². The third-order valence-corrected chi connectivity index (χ3v) is 3.29. The van der Waals surface area contributed by atoms with Gasteiger partial charge in [0.15, 0.2) is 0 Å². The van der Waals surface area contributed by atoms with Crippen molar-refractivity contribution in [2.75, 3.05) is 5.32 Å². The maximum absolute atomic E-state index is 12.2. The number of aromatic nitrogens is 2. The predicted molar refractivity (Wildman–Crippen MR) is 79.7 cm³/mol. The van der Waals surface area contributed by atoms with Crippen LogP contribution in [0.25, 0.3) is 0 Å². The lowest BCUT2D eigenvalue weighted by molar-refractivity contribution is 0.102. The molecule has 1 aromatic heterocycles. The third kappa shape index (κ3) is 3.36. The second-order valence-corrected chi connectivity index (χ2v) is 5.48. The molecule has 0 fully saturated rings. The maximum atomic E-state index is 12.2. The molecule has 0 aliphatic rings. The second-order valence-electron chi connectivity index (χ2n) is 4.13. The highest BCUT2D eigenvalue weighted by atomic mass is 79.9. The van der Waals surface area contributed by atoms with E-state index in [1.54, 1.807) is 29.1 Å². The molecule has 0 atom stereocenters. The van der Waals surface area contributed by atoms with Crippen LogP contribution in [0.15, 0.2) is 28.9 Å². The quantitative estimate of drug-likeness (QED) is 0.925. The minimum atomic E-state index is -0.203. The maximum Gasteiger partial charge on any atom is 0.255 e. The highest BCUT2D eigenvalue weighted by molar-refractivity contribution is 9.10. The molecule has 2 aromatic rings. The summed E-state index contributed by atoms with van der Waals surface area (Å²) in [7, 11) is 1.82. The van der Waals surface area contributed by atoms with E-state index in [1.807, 2.05) is 14.0 Å². The van der Waals surface area contributed by atoms with E-state index < -0.39 is 0 Å². The van der Waals surface area contributed by atoms with Gasteiger partial charge >= 0.3 is 0 Å². The molecule has 1 amide bonds. The monoisotopic (exact) mass is 341 g/mol. The fourth-order valence-corrected chi connectivity index (χ4v) is 2.64. The van der Waals surface area contributed by atoms with E-state index >= 15 is 0 Å². The fraction of sp³-hybridized carbons (Fsp3) is 0.231. The van der Waals surface area contributed by atoms with Crippen LogP contribution in [0.2, 0.25) is 5.02 Å². The number of hydrogen-bond acceptors (Lipinski definition) is 2. The van der Waals surface area contributed by atoms with Crippen LogP contribution < -0.4 is 5.32 Å². The van der Waals surface area contributed by atoms with E-state index in [0.29, 0.717) is 10.6 Å². The van der Waals surface area contributed by atoms with Crippen LogP contribution in [0.3, 0.4) is 0 Å². The van der Waals surface area contributed by atoms with Crippen LogP contribution in [-0.2, 0) is 13.5 Å². The van der Waals surface area contributed by atoms with Crippen molar-refractivity contribution < 1.29 is 4.79 Å². The molecular formula is C13H13BrClN3O. The zero-order valence-electron chi connectivity index (χ0n) is 10.6. The smallest absolute Gasteiger partial charge is 0.255 e. The molecule has 4 nitrogen and oxygen atoms in total. The zero-order chi connectivity index (χ0) is 14.0. The Morgan fingerprint density at radius 1 is 1.47 bits per heavy atom. The first-order chi connectivity index (χ1) is 8.99. The van der Waals surface area contributed by atoms with Gasteiger partial charge in [0.2, 0.25) is 0 Å². The minimum Gasteiger partial charge on any atom is -0.319 e. The molecule has 0 bridgehead atoms. The Kier molecular flexibility index (Phi) is 4.27. The first kappa shape index (κ1) is 14.1. The zero-order valence-corrected chi connectivity index (χ0v) is 12.9. The van der Waals surface area contributed by atoms with Crippen molar-refractivity contribution in [1.82, 2.24) is 9.78 Å². The molecule has 0 aliphatic heterocycles. The summed E-state index contributed by atoms with van der Waals surface area (Å²) in [6, 6.07) is 5.09. The molecule has 1 heterocycles. The Hall–Kier alpha value is -1.33. The van der Waals surface area contributed by atoms with Gasteiger partial charge in [0.25, 0.3) is 5.91 Å². The molecule has 19 heavy (non-hydrogen) atoms. The Bertz CT molecular complexity index is 604. The van der Waals surface area contributed by atoms with Crippen LogP contribution in [0, 0.1) is 0 Å². The van der Waals surface area contributed by atoms with Crippen LogP contribution in [0.5, 0.6) is 0 Å². The summed E-state index contributed by atoms with van der Waals surface area (Å²) < 4.78 is 2.45. The molecule has 2 rings (SSSR count). The number of aryl methyl sites for hydroxylation is 2. The van der Waals surface area contributed by atoms with Crippen molar-refractivity contribution in [3.63, 3.8) is 0 Å². The summed E-state index contributed by atoms with van der Waals surface area (Å²) in [6.07, 6.45) is 2.55. The molecule has 0 saturated carbocycles. The van der Waals surface area contributed by atoms with Crippen LogP contribution in [-0.4, -0.2) is 15.7 Å². The molecule has 6 heteroatoms. The normalized spacial score (nSPS) is 10.5. The number of anilines is 1. The van der Waals surface area contributed by atoms with Gasteiger partial charge in [-0.25, -0.2) is 0 Å². The van der Waals surface area contributed by atoms with Gasteiger partial charge in [-0.3, -0.25) is 9.48 Å². The first-order valence-corrected chi connectivity index (χ1v) is 6.96. The van der Waals surface area contributed by atoms with Gasteiger partial charge in [0, 0.05) is 28.3 Å². The number of rotatable bonds is 3. The molecule has 0 spiro atoms. The Balaban J connectivity index is 2.25. The first-order valence-electron chi connectivity index (χ1n) is 5.79. The molecule has 0 aliphatic carbocycles. The van der Waals surface area contributed by atoms with E-state index in [9.17, 15) is 4.79 Å². The number of carbonyl (C=O) groups is 1. The number of benzene rings is 1. The fourth-order valence-electron chi connectivity index (χ4n) is 1.78. The third-order valence-electron chi connectivity index (χ3n) is 2.61. The van der Waals surface area contributed by atoms with Gasteiger partial charge in [0.1, 0.15) is 0 Å². The van der Waals surface area contributed by atoms with Crippen molar-refractivity contribution in [1.29, 1.82) is 0 Å². The van der Waals surface area contributed by atoms with Gasteiger partial charge < -0.3 is 5.32 Å². The van der Waals surface area contributed by atoms with Gasteiger partial charge in [-0.2, -0.15) is 5.10 Å². The second kappa shape index (κ2) is 5.75. The van der Waals surface area contributed by atoms with Crippen molar-refractivity contribution in [2.24, 2.45) is 7.05 Å². The van der Waals surface area contributed by atoms with Gasteiger partial charge in [-0.15, -0.1) is 0 Å². The van der Waals surface area contributed by atoms with Crippen LogP contribution >= 0.6 is 27.5 Å². The van der Waals surface area contributed by atoms with E-state index in [2.05, 4.69) is 26.3 Å². The summed E-state index contributed by atoms with van der Waals surface area (Å²) in [5, 5.41) is 7.64. The van der Waals surface area contributed by atoms with Gasteiger partial charge in [0.05, 0.1) is 11.4 Å². The average molecular weight is 343 g/mol. The predicted octanol–water partition coefficient (Wildman–Crippen LogP) is 3.65. The highest BCUT2D eigenvalue weighted by Gasteiger charge is 2.12. The number of nitrogens with one attached hydrogen (secondary N) is 1. The standard InChI is InChI=1S/C13H13BrClN3O/c1-3-11-12(7-18(2)17-11)16-13(19)8-4-9(14)6-10(15)5-8/h4-7H,3H2,1-2H3,(H,16,19). The van der Waals surface area contributed by atoms with E-state index in [0.717, 1.165) is 22.3 Å². The lowest BCUT2D eigenvalue weighted by Crippen LogP contribution is -2.12.